The van der Waals surface area contributed by atoms with Crippen molar-refractivity contribution < 1.29 is 4.79 Å². The van der Waals surface area contributed by atoms with Crippen LogP contribution in [-0.4, -0.2) is 29.9 Å². The lowest BCUT2D eigenvalue weighted by Crippen LogP contribution is -2.36. The lowest BCUT2D eigenvalue weighted by Gasteiger charge is -2.26. The van der Waals surface area contributed by atoms with Crippen LogP contribution in [0.4, 0.5) is 0 Å². The third-order valence-corrected chi connectivity index (χ3v) is 5.45. The van der Waals surface area contributed by atoms with Gasteiger partial charge in [-0.25, -0.2) is 0 Å². The number of nitrogens with zero attached hydrogens (tertiary/aromatic N) is 1. The molecule has 1 heterocycles. The van der Waals surface area contributed by atoms with Crippen molar-refractivity contribution in [2.24, 2.45) is 11.7 Å². The summed E-state index contributed by atoms with van der Waals surface area (Å²) in [6.45, 7) is 4.00. The number of carbonyl (C=O) groups excluding carboxylic acids is 1. The molecule has 3 atom stereocenters. The van der Waals surface area contributed by atoms with Crippen LogP contribution in [0.5, 0.6) is 0 Å². The predicted molar refractivity (Wildman–Crippen MR) is 84.9 cm³/mol. The molecule has 3 heteroatoms. The molecule has 1 amide bonds. The van der Waals surface area contributed by atoms with E-state index in [0.29, 0.717) is 18.2 Å². The second-order valence-corrected chi connectivity index (χ2v) is 7.05. The first kappa shape index (κ1) is 14.6. The van der Waals surface area contributed by atoms with Gasteiger partial charge in [-0.1, -0.05) is 43.7 Å². The standard InChI is InChI=1S/C18H26N2O/c1-18(15-7-3-2-4-8-15)10-11-20(13-18)17(21)12-14-6-5-9-16(14)19/h2-4,7-8,14,16H,5-6,9-13,19H2,1H3/t14-,16+,18?/m0/s1. The summed E-state index contributed by atoms with van der Waals surface area (Å²) in [4.78, 5) is 14.6. The summed E-state index contributed by atoms with van der Waals surface area (Å²) >= 11 is 0. The maximum absolute atomic E-state index is 12.5. The Morgan fingerprint density at radius 3 is 2.76 bits per heavy atom. The molecule has 3 nitrogen and oxygen atoms in total. The van der Waals surface area contributed by atoms with Gasteiger partial charge >= 0.3 is 0 Å². The van der Waals surface area contributed by atoms with Crippen molar-refractivity contribution >= 4 is 5.91 Å². The molecule has 1 aromatic rings. The maximum atomic E-state index is 12.5. The van der Waals surface area contributed by atoms with Gasteiger partial charge in [0.2, 0.25) is 5.91 Å². The molecule has 21 heavy (non-hydrogen) atoms. The average molecular weight is 286 g/mol. The minimum absolute atomic E-state index is 0.106. The molecule has 1 saturated carbocycles. The molecule has 3 rings (SSSR count). The van der Waals surface area contributed by atoms with E-state index in [1.54, 1.807) is 0 Å². The zero-order valence-electron chi connectivity index (χ0n) is 12.9. The fourth-order valence-corrected chi connectivity index (χ4v) is 3.92. The normalized spacial score (nSPS) is 32.6. The lowest BCUT2D eigenvalue weighted by molar-refractivity contribution is -0.131. The number of rotatable bonds is 3. The van der Waals surface area contributed by atoms with E-state index in [9.17, 15) is 4.79 Å². The number of hydrogen-bond acceptors (Lipinski definition) is 2. The van der Waals surface area contributed by atoms with Crippen molar-refractivity contribution in [2.75, 3.05) is 13.1 Å². The van der Waals surface area contributed by atoms with E-state index >= 15 is 0 Å². The van der Waals surface area contributed by atoms with E-state index < -0.39 is 0 Å². The topological polar surface area (TPSA) is 46.3 Å². The zero-order chi connectivity index (χ0) is 14.9. The monoisotopic (exact) mass is 286 g/mol. The summed E-state index contributed by atoms with van der Waals surface area (Å²) in [5.41, 5.74) is 7.55. The summed E-state index contributed by atoms with van der Waals surface area (Å²) in [5.74, 6) is 0.707. The minimum atomic E-state index is 0.106. The van der Waals surface area contributed by atoms with Gasteiger partial charge in [0.05, 0.1) is 0 Å². The highest BCUT2D eigenvalue weighted by Gasteiger charge is 2.38. The van der Waals surface area contributed by atoms with Crippen LogP contribution in [0.1, 0.15) is 44.6 Å². The van der Waals surface area contributed by atoms with E-state index in [1.165, 1.54) is 12.0 Å². The van der Waals surface area contributed by atoms with Gasteiger partial charge in [-0.15, -0.1) is 0 Å². The summed E-state index contributed by atoms with van der Waals surface area (Å²) in [6, 6.07) is 10.8. The molecule has 2 fully saturated rings. The van der Waals surface area contributed by atoms with Gasteiger partial charge in [-0.2, -0.15) is 0 Å². The van der Waals surface area contributed by atoms with Crippen molar-refractivity contribution in [2.45, 2.75) is 50.5 Å². The van der Waals surface area contributed by atoms with Crippen molar-refractivity contribution in [3.8, 4) is 0 Å². The smallest absolute Gasteiger partial charge is 0.222 e. The number of nitrogens with two attached hydrogens (primary N) is 1. The van der Waals surface area contributed by atoms with Crippen LogP contribution < -0.4 is 5.73 Å². The average Bonchev–Trinajstić information content (AvgIpc) is 3.08. The third kappa shape index (κ3) is 2.98. The molecule has 1 unspecified atom stereocenters. The lowest BCUT2D eigenvalue weighted by atomic mass is 9.82. The first-order valence-corrected chi connectivity index (χ1v) is 8.17. The molecule has 0 radical (unpaired) electrons. The van der Waals surface area contributed by atoms with Crippen molar-refractivity contribution in [1.29, 1.82) is 0 Å². The van der Waals surface area contributed by atoms with Crippen LogP contribution in [0, 0.1) is 5.92 Å². The molecule has 114 valence electrons. The molecule has 2 aliphatic rings. The summed E-state index contributed by atoms with van der Waals surface area (Å²) in [7, 11) is 0. The largest absolute Gasteiger partial charge is 0.342 e. The second-order valence-electron chi connectivity index (χ2n) is 7.05. The number of hydrogen-bond donors (Lipinski definition) is 1. The zero-order valence-corrected chi connectivity index (χ0v) is 12.9. The molecular formula is C18H26N2O. The molecule has 2 N–H and O–H groups in total. The van der Waals surface area contributed by atoms with E-state index in [1.807, 2.05) is 6.07 Å². The molecule has 0 spiro atoms. The number of benzene rings is 1. The minimum Gasteiger partial charge on any atom is -0.342 e. The predicted octanol–water partition coefficient (Wildman–Crippen LogP) is 2.69. The van der Waals surface area contributed by atoms with E-state index in [2.05, 4.69) is 36.1 Å². The van der Waals surface area contributed by atoms with Gasteiger partial charge in [0.15, 0.2) is 0 Å². The molecule has 1 aromatic carbocycles. The molecule has 0 aromatic heterocycles. The van der Waals surface area contributed by atoms with Crippen LogP contribution in [0.2, 0.25) is 0 Å². The Balaban J connectivity index is 1.62. The Bertz CT molecular complexity index is 501. The van der Waals surface area contributed by atoms with Gasteiger partial charge in [0.25, 0.3) is 0 Å². The quantitative estimate of drug-likeness (QED) is 0.928. The summed E-state index contributed by atoms with van der Waals surface area (Å²) in [5, 5.41) is 0. The van der Waals surface area contributed by atoms with Crippen LogP contribution in [-0.2, 0) is 10.2 Å². The van der Waals surface area contributed by atoms with Gasteiger partial charge in [0, 0.05) is 31.0 Å². The van der Waals surface area contributed by atoms with Gasteiger partial charge in [-0.3, -0.25) is 4.79 Å². The summed E-state index contributed by atoms with van der Waals surface area (Å²) in [6.07, 6.45) is 5.09. The molecular weight excluding hydrogens is 260 g/mol. The number of amides is 1. The van der Waals surface area contributed by atoms with Crippen molar-refractivity contribution in [3.63, 3.8) is 0 Å². The Hall–Kier alpha value is -1.35. The highest BCUT2D eigenvalue weighted by atomic mass is 16.2. The Morgan fingerprint density at radius 2 is 2.10 bits per heavy atom. The SMILES string of the molecule is CC1(c2ccccc2)CCN(C(=O)C[C@@H]2CCC[C@H]2N)C1. The van der Waals surface area contributed by atoms with Crippen LogP contribution in [0.3, 0.4) is 0 Å². The van der Waals surface area contributed by atoms with Crippen LogP contribution in [0.15, 0.2) is 30.3 Å². The van der Waals surface area contributed by atoms with Gasteiger partial charge < -0.3 is 10.6 Å². The maximum Gasteiger partial charge on any atom is 0.222 e. The highest BCUT2D eigenvalue weighted by Crippen LogP contribution is 2.35. The first-order valence-electron chi connectivity index (χ1n) is 8.17. The van der Waals surface area contributed by atoms with E-state index in [4.69, 9.17) is 5.73 Å². The van der Waals surface area contributed by atoms with Gasteiger partial charge in [-0.05, 0) is 30.7 Å². The van der Waals surface area contributed by atoms with Crippen LogP contribution in [0.25, 0.3) is 0 Å². The highest BCUT2D eigenvalue weighted by molar-refractivity contribution is 5.77. The van der Waals surface area contributed by atoms with Crippen molar-refractivity contribution in [3.05, 3.63) is 35.9 Å². The van der Waals surface area contributed by atoms with E-state index in [0.717, 1.165) is 32.4 Å². The van der Waals surface area contributed by atoms with Crippen molar-refractivity contribution in [1.82, 2.24) is 4.90 Å². The Kier molecular flexibility index (Phi) is 4.03. The summed E-state index contributed by atoms with van der Waals surface area (Å²) < 4.78 is 0. The first-order chi connectivity index (χ1) is 10.1. The molecule has 0 bridgehead atoms. The third-order valence-electron chi connectivity index (χ3n) is 5.45. The fraction of sp³-hybridized carbons (Fsp3) is 0.611. The van der Waals surface area contributed by atoms with Gasteiger partial charge in [0.1, 0.15) is 0 Å². The molecule has 1 aliphatic heterocycles. The Morgan fingerprint density at radius 1 is 1.33 bits per heavy atom. The molecule has 1 aliphatic carbocycles. The Labute approximate surface area is 127 Å². The van der Waals surface area contributed by atoms with E-state index in [-0.39, 0.29) is 11.5 Å². The van der Waals surface area contributed by atoms with Crippen LogP contribution >= 0.6 is 0 Å². The second kappa shape index (κ2) is 5.80. The fourth-order valence-electron chi connectivity index (χ4n) is 3.92. The number of carbonyl (C=O) groups is 1. The number of likely N-dealkylation sites (tertiary alicyclic amines) is 1. The molecule has 1 saturated heterocycles.